The normalized spacial score (nSPS) is 23.3. The van der Waals surface area contributed by atoms with E-state index in [1.807, 2.05) is 122 Å². The van der Waals surface area contributed by atoms with E-state index in [1.54, 1.807) is 31.4 Å². The van der Waals surface area contributed by atoms with Gasteiger partial charge in [0.15, 0.2) is 0 Å². The summed E-state index contributed by atoms with van der Waals surface area (Å²) in [5.74, 6) is 2.74. The number of ether oxygens (including phenoxy) is 1. The minimum Gasteiger partial charge on any atom is -0.497 e. The van der Waals surface area contributed by atoms with Gasteiger partial charge in [0.2, 0.25) is 7.43 Å². The summed E-state index contributed by atoms with van der Waals surface area (Å²) in [6.45, 7) is 1.87. The standard InChI is InChI=1S/C32H32N3O6P3/c1-36-27-23-25-32(26-24-27)41-44(40-31-21-13-6-14-22-31)34-42(2,37-28-15-7-3-8-16-28)33-43(35-44,38-29-17-9-4-10-18-29)39-30-19-11-5-12-20-30/h3-15,17-26,28H,16H2,1-2H3. The maximum absolute atomic E-state index is 6.71. The van der Waals surface area contributed by atoms with E-state index in [4.69, 9.17) is 40.9 Å². The van der Waals surface area contributed by atoms with E-state index in [2.05, 4.69) is 0 Å². The highest BCUT2D eigenvalue weighted by molar-refractivity contribution is 7.80. The summed E-state index contributed by atoms with van der Waals surface area (Å²) in [5.41, 5.74) is 0. The zero-order valence-electron chi connectivity index (χ0n) is 24.2. The predicted octanol–water partition coefficient (Wildman–Crippen LogP) is 10.8. The molecule has 4 aromatic rings. The number of hydrogen-bond donors (Lipinski definition) is 0. The molecule has 0 bridgehead atoms. The van der Waals surface area contributed by atoms with Crippen molar-refractivity contribution in [1.82, 2.24) is 0 Å². The number of hydrogen-bond acceptors (Lipinski definition) is 9. The van der Waals surface area contributed by atoms with Crippen molar-refractivity contribution in [2.24, 2.45) is 13.5 Å². The SMILES string of the molecule is COc1ccc(OP2(Oc3ccccc3)=NP(Oc3ccccc3)(Oc3ccccc3)=NP(C)(OC3C=CC=CC3)=N2)cc1. The molecule has 2 aliphatic rings. The Labute approximate surface area is 257 Å². The molecule has 3 unspecified atom stereocenters. The highest BCUT2D eigenvalue weighted by Crippen LogP contribution is 2.78. The first kappa shape index (κ1) is 30.1. The Kier molecular flexibility index (Phi) is 9.11. The van der Waals surface area contributed by atoms with E-state index in [0.29, 0.717) is 35.2 Å². The van der Waals surface area contributed by atoms with Crippen molar-refractivity contribution in [2.45, 2.75) is 12.5 Å². The second kappa shape index (κ2) is 13.3. The van der Waals surface area contributed by atoms with Crippen molar-refractivity contribution in [2.75, 3.05) is 13.8 Å². The minimum absolute atomic E-state index is 0.265. The molecule has 6 rings (SSSR count). The van der Waals surface area contributed by atoms with E-state index in [-0.39, 0.29) is 6.10 Å². The molecule has 0 aromatic heterocycles. The van der Waals surface area contributed by atoms with Crippen LogP contribution in [0.1, 0.15) is 6.42 Å². The third-order valence-electron chi connectivity index (χ3n) is 6.25. The molecule has 0 fully saturated rings. The molecule has 0 amide bonds. The molecule has 0 spiro atoms. The van der Waals surface area contributed by atoms with Gasteiger partial charge in [-0.05, 0) is 67.1 Å². The maximum Gasteiger partial charge on any atom is 0.457 e. The second-order valence-corrected chi connectivity index (χ2v) is 16.5. The van der Waals surface area contributed by atoms with Crippen LogP contribution in [0.25, 0.3) is 0 Å². The summed E-state index contributed by atoms with van der Waals surface area (Å²) in [5, 5.41) is 0. The lowest BCUT2D eigenvalue weighted by Gasteiger charge is -2.33. The van der Waals surface area contributed by atoms with Gasteiger partial charge in [-0.3, -0.25) is 0 Å². The van der Waals surface area contributed by atoms with Crippen LogP contribution in [0, 0.1) is 0 Å². The van der Waals surface area contributed by atoms with E-state index in [1.165, 1.54) is 0 Å². The smallest absolute Gasteiger partial charge is 0.457 e. The summed E-state index contributed by atoms with van der Waals surface area (Å²) in [4.78, 5) is 0. The van der Waals surface area contributed by atoms with E-state index in [0.717, 1.165) is 0 Å². The zero-order valence-corrected chi connectivity index (χ0v) is 26.9. The van der Waals surface area contributed by atoms with Gasteiger partial charge in [0.25, 0.3) is 0 Å². The van der Waals surface area contributed by atoms with Crippen molar-refractivity contribution in [3.8, 4) is 28.7 Å². The van der Waals surface area contributed by atoms with Crippen LogP contribution >= 0.6 is 22.8 Å². The van der Waals surface area contributed by atoms with E-state index >= 15 is 0 Å². The molecule has 12 heteroatoms. The summed E-state index contributed by atoms with van der Waals surface area (Å²) in [6.07, 6.45) is 8.38. The fourth-order valence-corrected chi connectivity index (χ4v) is 14.1. The molecule has 44 heavy (non-hydrogen) atoms. The van der Waals surface area contributed by atoms with Crippen LogP contribution in [0.15, 0.2) is 153 Å². The van der Waals surface area contributed by atoms with Crippen LogP contribution in [0.4, 0.5) is 0 Å². The highest BCUT2D eigenvalue weighted by Gasteiger charge is 2.44. The van der Waals surface area contributed by atoms with Crippen LogP contribution in [-0.4, -0.2) is 19.9 Å². The Balaban J connectivity index is 1.58. The molecule has 1 aliphatic heterocycles. The minimum atomic E-state index is -3.65. The van der Waals surface area contributed by atoms with Crippen LogP contribution in [0.3, 0.4) is 0 Å². The number of benzene rings is 4. The summed E-state index contributed by atoms with van der Waals surface area (Å²) >= 11 is 0. The topological polar surface area (TPSA) is 92.5 Å². The Bertz CT molecular complexity index is 1750. The molecule has 1 heterocycles. The molecular weight excluding hydrogens is 615 g/mol. The molecule has 0 saturated heterocycles. The monoisotopic (exact) mass is 647 g/mol. The molecule has 9 nitrogen and oxygen atoms in total. The maximum atomic E-state index is 6.71. The first-order chi connectivity index (χ1) is 21.4. The van der Waals surface area contributed by atoms with Crippen LogP contribution in [-0.2, 0) is 4.52 Å². The van der Waals surface area contributed by atoms with Gasteiger partial charge in [-0.1, -0.05) is 83.4 Å². The molecule has 0 radical (unpaired) electrons. The highest BCUT2D eigenvalue weighted by atomic mass is 31.3. The lowest BCUT2D eigenvalue weighted by atomic mass is 10.1. The van der Waals surface area contributed by atoms with E-state index < -0.39 is 22.8 Å². The number of methoxy groups -OCH3 is 1. The van der Waals surface area contributed by atoms with Gasteiger partial charge in [-0.15, -0.1) is 9.03 Å². The van der Waals surface area contributed by atoms with Gasteiger partial charge in [0.1, 0.15) is 28.7 Å². The van der Waals surface area contributed by atoms with Gasteiger partial charge >= 0.3 is 15.3 Å². The van der Waals surface area contributed by atoms with Crippen molar-refractivity contribution >= 4 is 22.8 Å². The fourth-order valence-electron chi connectivity index (χ4n) is 4.36. The van der Waals surface area contributed by atoms with Crippen molar-refractivity contribution < 1.29 is 27.4 Å². The van der Waals surface area contributed by atoms with E-state index in [9.17, 15) is 0 Å². The Morgan fingerprint density at radius 3 is 1.45 bits per heavy atom. The average molecular weight is 648 g/mol. The predicted molar refractivity (Wildman–Crippen MR) is 177 cm³/mol. The van der Waals surface area contributed by atoms with Crippen LogP contribution in [0.5, 0.6) is 28.7 Å². The molecule has 3 atom stereocenters. The zero-order chi connectivity index (χ0) is 30.3. The molecule has 226 valence electrons. The van der Waals surface area contributed by atoms with Crippen LogP contribution < -0.4 is 22.8 Å². The van der Waals surface area contributed by atoms with Crippen LogP contribution in [0.2, 0.25) is 0 Å². The first-order valence-corrected chi connectivity index (χ1v) is 19.0. The van der Waals surface area contributed by atoms with Gasteiger partial charge in [0.05, 0.1) is 13.2 Å². The Morgan fingerprint density at radius 1 is 0.545 bits per heavy atom. The van der Waals surface area contributed by atoms with Gasteiger partial charge < -0.3 is 27.4 Å². The largest absolute Gasteiger partial charge is 0.497 e. The summed E-state index contributed by atoms with van der Waals surface area (Å²) in [7, 11) is -8.75. The number of nitrogens with zero attached hydrogens (tertiary/aromatic N) is 3. The lowest BCUT2D eigenvalue weighted by Crippen LogP contribution is -2.12. The summed E-state index contributed by atoms with van der Waals surface area (Å²) in [6, 6.07) is 35.2. The average Bonchev–Trinajstić information content (AvgIpc) is 3.02. The number of allylic oxidation sites excluding steroid dienone is 2. The Hall–Kier alpha value is -3.99. The third-order valence-corrected chi connectivity index (χ3v) is 15.0. The summed E-state index contributed by atoms with van der Waals surface area (Å²) < 4.78 is 54.2. The van der Waals surface area contributed by atoms with Gasteiger partial charge in [0, 0.05) is 6.66 Å². The van der Waals surface area contributed by atoms with Crippen molar-refractivity contribution in [1.29, 1.82) is 0 Å². The quantitative estimate of drug-likeness (QED) is 0.150. The number of rotatable bonds is 11. The molecule has 4 aromatic carbocycles. The van der Waals surface area contributed by atoms with Crippen molar-refractivity contribution in [3.05, 3.63) is 140 Å². The van der Waals surface area contributed by atoms with Gasteiger partial charge in [-0.2, -0.15) is 0 Å². The molecule has 1 aliphatic carbocycles. The Morgan fingerprint density at radius 2 is 1.00 bits per heavy atom. The third kappa shape index (κ3) is 7.56. The number of para-hydroxylation sites is 3. The second-order valence-electron chi connectivity index (χ2n) is 9.76. The lowest BCUT2D eigenvalue weighted by molar-refractivity contribution is 0.277. The molecular formula is C32H32N3O6P3. The fraction of sp³-hybridized carbons (Fsp3) is 0.125. The molecule has 0 N–H and O–H groups in total. The van der Waals surface area contributed by atoms with Gasteiger partial charge in [-0.25, -0.2) is 0 Å². The first-order valence-electron chi connectivity index (χ1n) is 13.9. The van der Waals surface area contributed by atoms with Crippen molar-refractivity contribution in [3.63, 3.8) is 0 Å². The molecule has 0 saturated carbocycles.